The van der Waals surface area contributed by atoms with Crippen LogP contribution in [0, 0.1) is 12.8 Å². The fourth-order valence-electron chi connectivity index (χ4n) is 3.21. The fourth-order valence-corrected chi connectivity index (χ4v) is 4.65. The number of nitrogens with zero attached hydrogens (tertiary/aromatic N) is 3. The standard InChI is InChI=1S/C19H26N4O3S/c1-14(2)22-12-18(20-13-22)27(25,26)23-9-5-7-16(11-23)19(24)21-17-8-4-6-15(3)10-17/h4,6,8,10,12-14,16H,5,7,9,11H2,1-3H3,(H,21,24)/t16-/m0/s1. The summed E-state index contributed by atoms with van der Waals surface area (Å²) in [5.41, 5.74) is 1.79. The van der Waals surface area contributed by atoms with E-state index in [1.54, 1.807) is 10.8 Å². The number of carbonyl (C=O) groups is 1. The van der Waals surface area contributed by atoms with E-state index in [-0.39, 0.29) is 29.4 Å². The zero-order valence-corrected chi connectivity index (χ0v) is 16.7. The number of amides is 1. The van der Waals surface area contributed by atoms with Crippen LogP contribution in [0.4, 0.5) is 5.69 Å². The van der Waals surface area contributed by atoms with Crippen molar-refractivity contribution in [2.75, 3.05) is 18.4 Å². The molecule has 1 amide bonds. The minimum absolute atomic E-state index is 0.0379. The Kier molecular flexibility index (Phi) is 5.67. The summed E-state index contributed by atoms with van der Waals surface area (Å²) in [6.07, 6.45) is 4.40. The molecule has 146 valence electrons. The lowest BCUT2D eigenvalue weighted by atomic mass is 9.98. The van der Waals surface area contributed by atoms with Crippen molar-refractivity contribution < 1.29 is 13.2 Å². The van der Waals surface area contributed by atoms with Gasteiger partial charge in [0, 0.05) is 31.0 Å². The first-order valence-corrected chi connectivity index (χ1v) is 10.6. The number of aromatic nitrogens is 2. The van der Waals surface area contributed by atoms with Crippen LogP contribution < -0.4 is 5.32 Å². The van der Waals surface area contributed by atoms with E-state index in [1.807, 2.05) is 45.0 Å². The van der Waals surface area contributed by atoms with E-state index in [0.29, 0.717) is 19.4 Å². The molecule has 3 rings (SSSR count). The second-order valence-electron chi connectivity index (χ2n) is 7.31. The van der Waals surface area contributed by atoms with Crippen molar-refractivity contribution in [3.05, 3.63) is 42.4 Å². The van der Waals surface area contributed by atoms with Gasteiger partial charge in [-0.25, -0.2) is 13.4 Å². The molecule has 1 aromatic heterocycles. The Morgan fingerprint density at radius 2 is 2.11 bits per heavy atom. The number of carbonyl (C=O) groups excluding carboxylic acids is 1. The van der Waals surface area contributed by atoms with Crippen molar-refractivity contribution in [2.24, 2.45) is 5.92 Å². The monoisotopic (exact) mass is 390 g/mol. The van der Waals surface area contributed by atoms with Crippen LogP contribution in [0.5, 0.6) is 0 Å². The molecule has 1 atom stereocenters. The number of rotatable bonds is 5. The summed E-state index contributed by atoms with van der Waals surface area (Å²) in [5.74, 6) is -0.519. The van der Waals surface area contributed by atoms with Crippen LogP contribution in [0.25, 0.3) is 0 Å². The summed E-state index contributed by atoms with van der Waals surface area (Å²) in [7, 11) is -3.70. The molecule has 27 heavy (non-hydrogen) atoms. The first kappa shape index (κ1) is 19.6. The summed E-state index contributed by atoms with van der Waals surface area (Å²) in [6.45, 7) is 6.47. The zero-order chi connectivity index (χ0) is 19.6. The smallest absolute Gasteiger partial charge is 0.262 e. The maximum absolute atomic E-state index is 12.9. The molecule has 0 unspecified atom stereocenters. The molecule has 1 saturated heterocycles. The first-order valence-electron chi connectivity index (χ1n) is 9.18. The Morgan fingerprint density at radius 3 is 2.78 bits per heavy atom. The van der Waals surface area contributed by atoms with E-state index in [2.05, 4.69) is 10.3 Å². The number of benzene rings is 1. The first-order chi connectivity index (χ1) is 12.8. The number of hydrogen-bond acceptors (Lipinski definition) is 4. The molecule has 0 saturated carbocycles. The van der Waals surface area contributed by atoms with Gasteiger partial charge in [0.1, 0.15) is 0 Å². The van der Waals surface area contributed by atoms with Gasteiger partial charge in [-0.2, -0.15) is 4.31 Å². The van der Waals surface area contributed by atoms with Gasteiger partial charge in [-0.05, 0) is 51.3 Å². The molecule has 0 radical (unpaired) electrons. The maximum Gasteiger partial charge on any atom is 0.262 e. The molecule has 1 aromatic carbocycles. The molecule has 2 heterocycles. The van der Waals surface area contributed by atoms with Crippen LogP contribution in [0.2, 0.25) is 0 Å². The van der Waals surface area contributed by atoms with Crippen molar-refractivity contribution in [3.63, 3.8) is 0 Å². The SMILES string of the molecule is Cc1cccc(NC(=O)[C@H]2CCCN(S(=O)(=O)c3cn(C(C)C)cn3)C2)c1. The van der Waals surface area contributed by atoms with Gasteiger partial charge in [-0.3, -0.25) is 4.79 Å². The highest BCUT2D eigenvalue weighted by molar-refractivity contribution is 7.89. The Balaban J connectivity index is 1.71. The number of imidazole rings is 1. The highest BCUT2D eigenvalue weighted by Gasteiger charge is 2.34. The third-order valence-corrected chi connectivity index (χ3v) is 6.57. The number of hydrogen-bond donors (Lipinski definition) is 1. The largest absolute Gasteiger partial charge is 0.334 e. The molecule has 1 N–H and O–H groups in total. The molecule has 1 fully saturated rings. The maximum atomic E-state index is 12.9. The van der Waals surface area contributed by atoms with Crippen molar-refractivity contribution in [3.8, 4) is 0 Å². The van der Waals surface area contributed by atoms with Crippen molar-refractivity contribution in [1.29, 1.82) is 0 Å². The van der Waals surface area contributed by atoms with Crippen molar-refractivity contribution in [1.82, 2.24) is 13.9 Å². The van der Waals surface area contributed by atoms with Crippen LogP contribution in [-0.4, -0.2) is 41.3 Å². The van der Waals surface area contributed by atoms with Crippen molar-refractivity contribution in [2.45, 2.75) is 44.7 Å². The van der Waals surface area contributed by atoms with Crippen LogP contribution in [0.3, 0.4) is 0 Å². The van der Waals surface area contributed by atoms with E-state index in [9.17, 15) is 13.2 Å². The number of nitrogens with one attached hydrogen (secondary N) is 1. The van der Waals surface area contributed by atoms with Gasteiger partial charge < -0.3 is 9.88 Å². The van der Waals surface area contributed by atoms with E-state index >= 15 is 0 Å². The van der Waals surface area contributed by atoms with E-state index in [4.69, 9.17) is 0 Å². The predicted molar refractivity (Wildman–Crippen MR) is 104 cm³/mol. The number of sulfonamides is 1. The zero-order valence-electron chi connectivity index (χ0n) is 15.9. The summed E-state index contributed by atoms with van der Waals surface area (Å²) in [5, 5.41) is 2.94. The molecule has 0 aliphatic carbocycles. The molecule has 1 aliphatic heterocycles. The second kappa shape index (κ2) is 7.82. The topological polar surface area (TPSA) is 84.3 Å². The molecule has 7 nitrogen and oxygen atoms in total. The second-order valence-corrected chi connectivity index (χ2v) is 9.20. The fraction of sp³-hybridized carbons (Fsp3) is 0.474. The Hall–Kier alpha value is -2.19. The summed E-state index contributed by atoms with van der Waals surface area (Å²) < 4.78 is 29.0. The van der Waals surface area contributed by atoms with Gasteiger partial charge in [0.05, 0.1) is 12.2 Å². The Morgan fingerprint density at radius 1 is 1.33 bits per heavy atom. The quantitative estimate of drug-likeness (QED) is 0.851. The Bertz CT molecular complexity index is 921. The minimum Gasteiger partial charge on any atom is -0.334 e. The lowest BCUT2D eigenvalue weighted by molar-refractivity contribution is -0.120. The van der Waals surface area contributed by atoms with E-state index < -0.39 is 10.0 Å². The predicted octanol–water partition coefficient (Wildman–Crippen LogP) is 2.81. The lowest BCUT2D eigenvalue weighted by Gasteiger charge is -2.30. The van der Waals surface area contributed by atoms with Gasteiger partial charge in [0.15, 0.2) is 5.03 Å². The third-order valence-electron chi connectivity index (χ3n) is 4.82. The molecule has 0 bridgehead atoms. The van der Waals surface area contributed by atoms with Crippen LogP contribution >= 0.6 is 0 Å². The summed E-state index contributed by atoms with van der Waals surface area (Å²) >= 11 is 0. The highest BCUT2D eigenvalue weighted by atomic mass is 32.2. The number of anilines is 1. The van der Waals surface area contributed by atoms with E-state index in [0.717, 1.165) is 11.3 Å². The molecule has 2 aromatic rings. The summed E-state index contributed by atoms with van der Waals surface area (Å²) in [6, 6.07) is 7.71. The lowest BCUT2D eigenvalue weighted by Crippen LogP contribution is -2.43. The number of aryl methyl sites for hydroxylation is 1. The van der Waals surface area contributed by atoms with Gasteiger partial charge in [0.25, 0.3) is 10.0 Å². The third kappa shape index (κ3) is 4.39. The van der Waals surface area contributed by atoms with Gasteiger partial charge in [0.2, 0.25) is 5.91 Å². The summed E-state index contributed by atoms with van der Waals surface area (Å²) in [4.78, 5) is 16.7. The van der Waals surface area contributed by atoms with Gasteiger partial charge in [-0.1, -0.05) is 12.1 Å². The van der Waals surface area contributed by atoms with Gasteiger partial charge >= 0.3 is 0 Å². The average molecular weight is 391 g/mol. The van der Waals surface area contributed by atoms with E-state index in [1.165, 1.54) is 10.6 Å². The highest BCUT2D eigenvalue weighted by Crippen LogP contribution is 2.24. The Labute approximate surface area is 160 Å². The van der Waals surface area contributed by atoms with Gasteiger partial charge in [-0.15, -0.1) is 0 Å². The molecule has 1 aliphatic rings. The average Bonchev–Trinajstić information content (AvgIpc) is 3.13. The number of piperidine rings is 1. The minimum atomic E-state index is -3.70. The normalized spacial score (nSPS) is 18.6. The molecular formula is C19H26N4O3S. The van der Waals surface area contributed by atoms with Crippen LogP contribution in [0.1, 0.15) is 38.3 Å². The molecule has 0 spiro atoms. The molecular weight excluding hydrogens is 364 g/mol. The molecule has 8 heteroatoms. The van der Waals surface area contributed by atoms with Crippen LogP contribution in [0.15, 0.2) is 41.8 Å². The van der Waals surface area contributed by atoms with Crippen molar-refractivity contribution >= 4 is 21.6 Å². The van der Waals surface area contributed by atoms with Crippen LogP contribution in [-0.2, 0) is 14.8 Å².